The quantitative estimate of drug-likeness (QED) is 0.340. The fourth-order valence-corrected chi connectivity index (χ4v) is 7.62. The average Bonchev–Trinajstić information content (AvgIpc) is 3.66. The van der Waals surface area contributed by atoms with Crippen molar-refractivity contribution in [3.63, 3.8) is 0 Å². The number of cyclic esters (lactones) is 1. The highest BCUT2D eigenvalue weighted by Gasteiger charge is 2.74. The van der Waals surface area contributed by atoms with Crippen LogP contribution in [0.5, 0.6) is 0 Å². The highest BCUT2D eigenvalue weighted by Crippen LogP contribution is 2.56. The van der Waals surface area contributed by atoms with E-state index in [1.165, 1.54) is 12.0 Å². The average molecular weight is 652 g/mol. The number of nitrogens with zero attached hydrogens (tertiary/aromatic N) is 2. The van der Waals surface area contributed by atoms with Crippen molar-refractivity contribution in [3.05, 3.63) is 60.2 Å². The molecule has 0 radical (unpaired) electrons. The fraction of sp³-hybridized carbons (Fsp3) is 0.611. The van der Waals surface area contributed by atoms with Crippen LogP contribution in [0.15, 0.2) is 54.6 Å². The molecule has 4 heterocycles. The maximum absolute atomic E-state index is 14.8. The Labute approximate surface area is 277 Å². The zero-order chi connectivity index (χ0) is 34.1. The molecular weight excluding hydrogens is 602 g/mol. The van der Waals surface area contributed by atoms with E-state index < -0.39 is 65.2 Å². The minimum atomic E-state index is -1.42. The zero-order valence-electron chi connectivity index (χ0n) is 28.3. The number of fused-ring (bicyclic) bond motifs is 2. The number of aliphatic hydroxyl groups excluding tert-OH is 1. The van der Waals surface area contributed by atoms with Gasteiger partial charge in [-0.15, -0.1) is 0 Å². The van der Waals surface area contributed by atoms with Gasteiger partial charge in [-0.3, -0.25) is 19.2 Å². The minimum Gasteiger partial charge on any atom is -0.455 e. The molecule has 1 aromatic rings. The second-order valence-corrected chi connectivity index (χ2v) is 14.4. The summed E-state index contributed by atoms with van der Waals surface area (Å²) in [5, 5.41) is 13.6. The van der Waals surface area contributed by atoms with Gasteiger partial charge in [0.1, 0.15) is 23.7 Å². The molecule has 0 unspecified atom stereocenters. The van der Waals surface area contributed by atoms with Crippen molar-refractivity contribution < 1.29 is 38.5 Å². The molecule has 2 saturated heterocycles. The van der Waals surface area contributed by atoms with E-state index in [1.54, 1.807) is 17.1 Å². The molecule has 5 rings (SSSR count). The number of amides is 3. The minimum absolute atomic E-state index is 0.0729. The Kier molecular flexibility index (Phi) is 10.3. The first-order valence-corrected chi connectivity index (χ1v) is 16.6. The van der Waals surface area contributed by atoms with E-state index in [4.69, 9.17) is 14.2 Å². The van der Waals surface area contributed by atoms with E-state index in [-0.39, 0.29) is 43.9 Å². The molecule has 8 atom stereocenters. The standard InChI is InChI=1S/C36H49N3O8/c1-22(2)19-24(20-40)39-31-33(43)38(35(3,4)5)18-12-8-11-15-27(41)37-25(21-45-6)30(23-13-9-7-10-14-23)46-34(44)28-26-16-17-36(31,47-26)29(28)32(39)42/h7-10,12-14,16-17,22,24-26,28-31,40H,11,15,18-21H2,1-6H3,(H,37,41)/b12-8-/t24-,25-,26+,28-,29-,30-,31+,36-/m1/s1. The Morgan fingerprint density at radius 2 is 1.81 bits per heavy atom. The largest absolute Gasteiger partial charge is 0.455 e. The van der Waals surface area contributed by atoms with Crippen LogP contribution >= 0.6 is 0 Å². The fourth-order valence-electron chi connectivity index (χ4n) is 7.62. The lowest BCUT2D eigenvalue weighted by molar-refractivity contribution is -0.163. The summed E-state index contributed by atoms with van der Waals surface area (Å²) in [5.74, 6) is -3.62. The number of carbonyl (C=O) groups excluding carboxylic acids is 4. The first kappa shape index (κ1) is 34.8. The van der Waals surface area contributed by atoms with Crippen LogP contribution in [-0.4, -0.2) is 101 Å². The predicted octanol–water partition coefficient (Wildman–Crippen LogP) is 2.94. The van der Waals surface area contributed by atoms with Gasteiger partial charge in [0.2, 0.25) is 17.7 Å². The number of hydrogen-bond acceptors (Lipinski definition) is 8. The molecule has 47 heavy (non-hydrogen) atoms. The number of rotatable bonds is 7. The molecule has 256 valence electrons. The van der Waals surface area contributed by atoms with Crippen molar-refractivity contribution in [1.29, 1.82) is 0 Å². The molecule has 11 nitrogen and oxygen atoms in total. The van der Waals surface area contributed by atoms with E-state index in [9.17, 15) is 24.3 Å². The van der Waals surface area contributed by atoms with Crippen molar-refractivity contribution in [2.24, 2.45) is 17.8 Å². The van der Waals surface area contributed by atoms with Crippen LogP contribution in [0, 0.1) is 17.8 Å². The van der Waals surface area contributed by atoms with Gasteiger partial charge in [-0.1, -0.05) is 68.5 Å². The van der Waals surface area contributed by atoms with Gasteiger partial charge < -0.3 is 34.4 Å². The lowest BCUT2D eigenvalue weighted by atomic mass is 9.74. The van der Waals surface area contributed by atoms with Crippen LogP contribution in [0.3, 0.4) is 0 Å². The molecule has 1 spiro atoms. The molecule has 0 saturated carbocycles. The number of aliphatic hydroxyl groups is 1. The number of likely N-dealkylation sites (tertiary alicyclic amines) is 1. The van der Waals surface area contributed by atoms with E-state index in [1.807, 2.05) is 77.1 Å². The second kappa shape index (κ2) is 13.9. The molecule has 1 aromatic carbocycles. The maximum atomic E-state index is 14.8. The third-order valence-electron chi connectivity index (χ3n) is 9.66. The van der Waals surface area contributed by atoms with Gasteiger partial charge in [0.25, 0.3) is 0 Å². The summed E-state index contributed by atoms with van der Waals surface area (Å²) in [6.07, 6.45) is 6.59. The highest BCUT2D eigenvalue weighted by atomic mass is 16.6. The van der Waals surface area contributed by atoms with Crippen molar-refractivity contribution >= 4 is 23.7 Å². The molecule has 0 aliphatic carbocycles. The summed E-state index contributed by atoms with van der Waals surface area (Å²) in [7, 11) is 1.51. The molecule has 4 aliphatic heterocycles. The Balaban J connectivity index is 1.64. The lowest BCUT2D eigenvalue weighted by Crippen LogP contribution is -2.61. The van der Waals surface area contributed by atoms with Crippen LogP contribution in [-0.2, 0) is 33.4 Å². The van der Waals surface area contributed by atoms with Gasteiger partial charge in [-0.05, 0) is 45.1 Å². The smallest absolute Gasteiger partial charge is 0.313 e. The summed E-state index contributed by atoms with van der Waals surface area (Å²) in [5.41, 5.74) is -1.41. The number of methoxy groups -OCH3 is 1. The van der Waals surface area contributed by atoms with Crippen molar-refractivity contribution in [3.8, 4) is 0 Å². The maximum Gasteiger partial charge on any atom is 0.313 e. The van der Waals surface area contributed by atoms with Crippen LogP contribution in [0.4, 0.5) is 0 Å². The van der Waals surface area contributed by atoms with Gasteiger partial charge in [0.15, 0.2) is 0 Å². The first-order chi connectivity index (χ1) is 22.3. The van der Waals surface area contributed by atoms with Crippen molar-refractivity contribution in [2.45, 2.75) is 95.4 Å². The summed E-state index contributed by atoms with van der Waals surface area (Å²) < 4.78 is 18.3. The number of hydrogen-bond donors (Lipinski definition) is 2. The van der Waals surface area contributed by atoms with E-state index in [0.717, 1.165) is 0 Å². The Bertz CT molecular complexity index is 1390. The molecule has 5 bridgehead atoms. The zero-order valence-corrected chi connectivity index (χ0v) is 28.3. The Morgan fingerprint density at radius 3 is 2.45 bits per heavy atom. The predicted molar refractivity (Wildman–Crippen MR) is 174 cm³/mol. The topological polar surface area (TPSA) is 135 Å². The number of esters is 1. The van der Waals surface area contributed by atoms with E-state index >= 15 is 0 Å². The van der Waals surface area contributed by atoms with E-state index in [0.29, 0.717) is 18.4 Å². The number of allylic oxidation sites excluding steroid dienone is 1. The first-order valence-electron chi connectivity index (χ1n) is 16.6. The molecule has 0 aromatic heterocycles. The van der Waals surface area contributed by atoms with Gasteiger partial charge in [0.05, 0.1) is 37.3 Å². The lowest BCUT2D eigenvalue weighted by Gasteiger charge is -2.43. The van der Waals surface area contributed by atoms with Crippen molar-refractivity contribution in [2.75, 3.05) is 26.9 Å². The number of benzene rings is 1. The normalized spacial score (nSPS) is 32.9. The number of carbonyl (C=O) groups is 4. The van der Waals surface area contributed by atoms with Gasteiger partial charge in [-0.25, -0.2) is 0 Å². The second-order valence-electron chi connectivity index (χ2n) is 14.4. The van der Waals surface area contributed by atoms with Crippen LogP contribution in [0.25, 0.3) is 0 Å². The molecule has 3 amide bonds. The Morgan fingerprint density at radius 1 is 1.09 bits per heavy atom. The van der Waals surface area contributed by atoms with E-state index in [2.05, 4.69) is 5.32 Å². The third-order valence-corrected chi connectivity index (χ3v) is 9.66. The van der Waals surface area contributed by atoms with Crippen molar-refractivity contribution in [1.82, 2.24) is 15.1 Å². The SMILES string of the molecule is COC[C@H]1NC(=O)CC/C=C\CN(C(C)(C)C)C(=O)[C@@H]2N([C@@H](CO)CC(C)C)C(=O)[C@H]3[C@H](C(=O)O[C@@H]1c1ccccc1)[C@@H]1C=C[C@]23O1. The van der Waals surface area contributed by atoms with Gasteiger partial charge in [-0.2, -0.15) is 0 Å². The summed E-state index contributed by atoms with van der Waals surface area (Å²) in [6.45, 7) is 9.72. The molecule has 2 N–H and O–H groups in total. The Hall–Kier alpha value is -3.54. The summed E-state index contributed by atoms with van der Waals surface area (Å²) in [4.78, 5) is 60.2. The van der Waals surface area contributed by atoms with Gasteiger partial charge >= 0.3 is 5.97 Å². The summed E-state index contributed by atoms with van der Waals surface area (Å²) >= 11 is 0. The van der Waals surface area contributed by atoms with Crippen LogP contribution < -0.4 is 5.32 Å². The number of ether oxygens (including phenoxy) is 3. The van der Waals surface area contributed by atoms with Crippen LogP contribution in [0.1, 0.15) is 65.5 Å². The molecular formula is C36H49N3O8. The van der Waals surface area contributed by atoms with Crippen LogP contribution in [0.2, 0.25) is 0 Å². The van der Waals surface area contributed by atoms with Gasteiger partial charge in [0, 0.05) is 25.6 Å². The number of nitrogens with one attached hydrogen (secondary N) is 1. The third kappa shape index (κ3) is 6.62. The molecule has 11 heteroatoms. The monoisotopic (exact) mass is 651 g/mol. The highest BCUT2D eigenvalue weighted by molar-refractivity contribution is 5.99. The molecule has 2 fully saturated rings. The molecule has 4 aliphatic rings. The summed E-state index contributed by atoms with van der Waals surface area (Å²) in [6, 6.07) is 6.63.